The summed E-state index contributed by atoms with van der Waals surface area (Å²) in [5.74, 6) is 0.555. The molecule has 3 nitrogen and oxygen atoms in total. The van der Waals surface area contributed by atoms with E-state index in [0.717, 1.165) is 0 Å². The lowest BCUT2D eigenvalue weighted by Gasteiger charge is -2.07. The van der Waals surface area contributed by atoms with E-state index >= 15 is 0 Å². The zero-order valence-electron chi connectivity index (χ0n) is 7.14. The molecule has 70 valence electrons. The molecule has 0 radical (unpaired) electrons. The molecule has 0 fully saturated rings. The molecular formula is C8H9Cl2N3. The third-order valence-electron chi connectivity index (χ3n) is 1.36. The Hall–Kier alpha value is -0.800. The minimum atomic E-state index is 0.333. The molecule has 0 saturated carbocycles. The molecule has 0 bridgehead atoms. The van der Waals surface area contributed by atoms with E-state index in [1.807, 2.05) is 0 Å². The number of halogens is 2. The van der Waals surface area contributed by atoms with E-state index in [2.05, 4.69) is 21.9 Å². The SMILES string of the molecule is C=CCNc1c(Cl)nc(C)nc1Cl. The van der Waals surface area contributed by atoms with Crippen LogP contribution in [-0.2, 0) is 0 Å². The molecular weight excluding hydrogens is 209 g/mol. The van der Waals surface area contributed by atoms with Crippen LogP contribution in [0.3, 0.4) is 0 Å². The van der Waals surface area contributed by atoms with Crippen LogP contribution >= 0.6 is 23.2 Å². The van der Waals surface area contributed by atoms with Gasteiger partial charge in [0.25, 0.3) is 0 Å². The van der Waals surface area contributed by atoms with Crippen molar-refractivity contribution in [2.75, 3.05) is 11.9 Å². The first kappa shape index (κ1) is 10.3. The van der Waals surface area contributed by atoms with Gasteiger partial charge in [-0.25, -0.2) is 9.97 Å². The third kappa shape index (κ3) is 2.57. The number of nitrogens with zero attached hydrogens (tertiary/aromatic N) is 2. The van der Waals surface area contributed by atoms with Gasteiger partial charge in [0, 0.05) is 6.54 Å². The zero-order valence-corrected chi connectivity index (χ0v) is 8.65. The van der Waals surface area contributed by atoms with E-state index < -0.39 is 0 Å². The molecule has 1 aromatic rings. The highest BCUT2D eigenvalue weighted by Crippen LogP contribution is 2.26. The van der Waals surface area contributed by atoms with Crippen LogP contribution in [-0.4, -0.2) is 16.5 Å². The first-order valence-corrected chi connectivity index (χ1v) is 4.45. The molecule has 0 atom stereocenters. The third-order valence-corrected chi connectivity index (χ3v) is 1.90. The van der Waals surface area contributed by atoms with Crippen LogP contribution in [0.4, 0.5) is 5.69 Å². The summed E-state index contributed by atoms with van der Waals surface area (Å²) in [6.45, 7) is 5.87. The van der Waals surface area contributed by atoms with Gasteiger partial charge in [-0.2, -0.15) is 0 Å². The van der Waals surface area contributed by atoms with Gasteiger partial charge in [-0.1, -0.05) is 29.3 Å². The normalized spacial score (nSPS) is 9.77. The van der Waals surface area contributed by atoms with E-state index in [4.69, 9.17) is 23.2 Å². The largest absolute Gasteiger partial charge is 0.377 e. The van der Waals surface area contributed by atoms with Crippen LogP contribution in [0.25, 0.3) is 0 Å². The number of nitrogens with one attached hydrogen (secondary N) is 1. The Morgan fingerprint density at radius 1 is 1.38 bits per heavy atom. The number of anilines is 1. The molecule has 0 unspecified atom stereocenters. The average molecular weight is 218 g/mol. The van der Waals surface area contributed by atoms with E-state index in [0.29, 0.717) is 28.4 Å². The van der Waals surface area contributed by atoms with Crippen molar-refractivity contribution in [3.63, 3.8) is 0 Å². The molecule has 1 heterocycles. The minimum Gasteiger partial charge on any atom is -0.377 e. The lowest BCUT2D eigenvalue weighted by molar-refractivity contribution is 1.05. The highest BCUT2D eigenvalue weighted by atomic mass is 35.5. The van der Waals surface area contributed by atoms with Crippen LogP contribution in [0.5, 0.6) is 0 Å². The summed E-state index contributed by atoms with van der Waals surface area (Å²) < 4.78 is 0. The molecule has 1 N–H and O–H groups in total. The van der Waals surface area contributed by atoms with Crippen molar-refractivity contribution < 1.29 is 0 Å². The summed E-state index contributed by atoms with van der Waals surface area (Å²) >= 11 is 11.7. The second-order valence-electron chi connectivity index (χ2n) is 2.40. The Kier molecular flexibility index (Phi) is 3.51. The number of rotatable bonds is 3. The molecule has 0 aliphatic rings. The van der Waals surface area contributed by atoms with Gasteiger partial charge in [-0.05, 0) is 6.92 Å². The summed E-state index contributed by atoms with van der Waals surface area (Å²) in [4.78, 5) is 7.92. The van der Waals surface area contributed by atoms with Crippen molar-refractivity contribution in [1.29, 1.82) is 0 Å². The molecule has 0 aliphatic heterocycles. The van der Waals surface area contributed by atoms with Crippen LogP contribution in [0.1, 0.15) is 5.82 Å². The number of hydrogen-bond acceptors (Lipinski definition) is 3. The van der Waals surface area contributed by atoms with Crippen molar-refractivity contribution in [3.05, 3.63) is 28.8 Å². The smallest absolute Gasteiger partial charge is 0.157 e. The summed E-state index contributed by atoms with van der Waals surface area (Å²) in [5, 5.41) is 3.62. The van der Waals surface area contributed by atoms with E-state index in [1.165, 1.54) is 0 Å². The second kappa shape index (κ2) is 4.44. The van der Waals surface area contributed by atoms with Gasteiger partial charge in [-0.15, -0.1) is 6.58 Å². The van der Waals surface area contributed by atoms with Crippen molar-refractivity contribution in [2.45, 2.75) is 6.92 Å². The second-order valence-corrected chi connectivity index (χ2v) is 3.11. The highest BCUT2D eigenvalue weighted by Gasteiger charge is 2.07. The summed E-state index contributed by atoms with van der Waals surface area (Å²) in [7, 11) is 0. The average Bonchev–Trinajstić information content (AvgIpc) is 2.02. The number of aryl methyl sites for hydroxylation is 1. The summed E-state index contributed by atoms with van der Waals surface area (Å²) in [5.41, 5.74) is 0.550. The Morgan fingerprint density at radius 2 is 1.92 bits per heavy atom. The lowest BCUT2D eigenvalue weighted by atomic mass is 10.5. The molecule has 1 aromatic heterocycles. The molecule has 0 spiro atoms. The first-order valence-electron chi connectivity index (χ1n) is 3.69. The molecule has 0 amide bonds. The Balaban J connectivity index is 2.98. The Labute approximate surface area is 86.8 Å². The van der Waals surface area contributed by atoms with Crippen molar-refractivity contribution in [3.8, 4) is 0 Å². The quantitative estimate of drug-likeness (QED) is 0.626. The van der Waals surface area contributed by atoms with Crippen LogP contribution in [0.15, 0.2) is 12.7 Å². The summed E-state index contributed by atoms with van der Waals surface area (Å²) in [6.07, 6.45) is 1.70. The van der Waals surface area contributed by atoms with Crippen molar-refractivity contribution in [1.82, 2.24) is 9.97 Å². The maximum atomic E-state index is 5.84. The number of aromatic nitrogens is 2. The fourth-order valence-electron chi connectivity index (χ4n) is 0.826. The monoisotopic (exact) mass is 217 g/mol. The standard InChI is InChI=1S/C8H9Cl2N3/c1-3-4-11-6-7(9)12-5(2)13-8(6)10/h3,11H,1,4H2,2H3. The highest BCUT2D eigenvalue weighted by molar-refractivity contribution is 6.37. The molecule has 13 heavy (non-hydrogen) atoms. The lowest BCUT2D eigenvalue weighted by Crippen LogP contribution is -2.02. The van der Waals surface area contributed by atoms with Gasteiger partial charge in [0.15, 0.2) is 10.3 Å². The minimum absolute atomic E-state index is 0.333. The van der Waals surface area contributed by atoms with Crippen LogP contribution in [0, 0.1) is 6.92 Å². The maximum absolute atomic E-state index is 5.84. The van der Waals surface area contributed by atoms with Crippen LogP contribution < -0.4 is 5.32 Å². The number of hydrogen-bond donors (Lipinski definition) is 1. The first-order chi connectivity index (χ1) is 6.15. The van der Waals surface area contributed by atoms with Gasteiger partial charge in [0.1, 0.15) is 11.5 Å². The maximum Gasteiger partial charge on any atom is 0.157 e. The van der Waals surface area contributed by atoms with E-state index in [1.54, 1.807) is 13.0 Å². The van der Waals surface area contributed by atoms with Crippen molar-refractivity contribution >= 4 is 28.9 Å². The molecule has 0 aromatic carbocycles. The predicted octanol–water partition coefficient (Wildman–Crippen LogP) is 2.69. The topological polar surface area (TPSA) is 37.8 Å². The zero-order chi connectivity index (χ0) is 9.84. The Morgan fingerprint density at radius 3 is 2.38 bits per heavy atom. The molecule has 1 rings (SSSR count). The molecule has 5 heteroatoms. The Bertz CT molecular complexity index is 302. The van der Waals surface area contributed by atoms with Crippen LogP contribution in [0.2, 0.25) is 10.3 Å². The fraction of sp³-hybridized carbons (Fsp3) is 0.250. The van der Waals surface area contributed by atoms with Gasteiger partial charge in [0.05, 0.1) is 0 Å². The molecule has 0 saturated heterocycles. The fourth-order valence-corrected chi connectivity index (χ4v) is 1.43. The van der Waals surface area contributed by atoms with Gasteiger partial charge >= 0.3 is 0 Å². The predicted molar refractivity (Wildman–Crippen MR) is 55.5 cm³/mol. The summed E-state index contributed by atoms with van der Waals surface area (Å²) in [6, 6.07) is 0. The van der Waals surface area contributed by atoms with E-state index in [-0.39, 0.29) is 0 Å². The van der Waals surface area contributed by atoms with Gasteiger partial charge in [0.2, 0.25) is 0 Å². The molecule has 0 aliphatic carbocycles. The van der Waals surface area contributed by atoms with E-state index in [9.17, 15) is 0 Å². The van der Waals surface area contributed by atoms with Gasteiger partial charge in [-0.3, -0.25) is 0 Å². The van der Waals surface area contributed by atoms with Crippen molar-refractivity contribution in [2.24, 2.45) is 0 Å². The van der Waals surface area contributed by atoms with Gasteiger partial charge < -0.3 is 5.32 Å².